The number of carbonyl (C=O) groups excluding carboxylic acids is 1. The Bertz CT molecular complexity index is 641. The van der Waals surface area contributed by atoms with E-state index < -0.39 is 0 Å². The minimum atomic E-state index is -0.0578. The number of amides is 1. The Morgan fingerprint density at radius 3 is 2.57 bits per heavy atom. The summed E-state index contributed by atoms with van der Waals surface area (Å²) in [5, 5.41) is 2.96. The van der Waals surface area contributed by atoms with Gasteiger partial charge in [0.15, 0.2) is 0 Å². The number of anilines is 1. The Labute approximate surface area is 138 Å². The highest BCUT2D eigenvalue weighted by atomic mass is 16.5. The number of rotatable bonds is 7. The summed E-state index contributed by atoms with van der Waals surface area (Å²) in [5.41, 5.74) is 2.77. The smallest absolute Gasteiger partial charge is 0.251 e. The lowest BCUT2D eigenvalue weighted by molar-refractivity contribution is 0.0954. The van der Waals surface area contributed by atoms with Crippen LogP contribution in [0.1, 0.15) is 22.8 Å². The number of ether oxygens (including phenoxy) is 1. The molecular weight excluding hydrogens is 288 g/mol. The van der Waals surface area contributed by atoms with Crippen molar-refractivity contribution in [2.24, 2.45) is 0 Å². The number of hydrogen-bond acceptors (Lipinski definition) is 3. The molecule has 0 bridgehead atoms. The molecule has 0 unspecified atom stereocenters. The van der Waals surface area contributed by atoms with Crippen LogP contribution in [-0.2, 0) is 0 Å². The van der Waals surface area contributed by atoms with Crippen molar-refractivity contribution in [1.29, 1.82) is 0 Å². The quantitative estimate of drug-likeness (QED) is 0.853. The number of carbonyl (C=O) groups is 1. The maximum atomic E-state index is 12.2. The topological polar surface area (TPSA) is 41.6 Å². The number of hydrogen-bond donors (Lipinski definition) is 1. The number of likely N-dealkylation sites (N-methyl/N-ethyl adjacent to an activating group) is 1. The van der Waals surface area contributed by atoms with Crippen molar-refractivity contribution in [3.63, 3.8) is 0 Å². The third-order valence-corrected chi connectivity index (χ3v) is 3.67. The molecule has 0 aliphatic rings. The van der Waals surface area contributed by atoms with Gasteiger partial charge in [0.2, 0.25) is 0 Å². The Morgan fingerprint density at radius 1 is 1.17 bits per heavy atom. The highest BCUT2D eigenvalue weighted by Crippen LogP contribution is 2.19. The fraction of sp³-hybridized carbons (Fsp3) is 0.316. The van der Waals surface area contributed by atoms with Crippen LogP contribution in [-0.4, -0.2) is 32.7 Å². The Kier molecular flexibility index (Phi) is 6.03. The molecular formula is C19H24N2O2. The van der Waals surface area contributed by atoms with Gasteiger partial charge in [-0.2, -0.15) is 0 Å². The van der Waals surface area contributed by atoms with Gasteiger partial charge >= 0.3 is 0 Å². The minimum Gasteiger partial charge on any atom is -0.494 e. The monoisotopic (exact) mass is 312 g/mol. The number of nitrogens with zero attached hydrogens (tertiary/aromatic N) is 1. The summed E-state index contributed by atoms with van der Waals surface area (Å²) in [6.07, 6.45) is 0. The van der Waals surface area contributed by atoms with Gasteiger partial charge in [0.25, 0.3) is 5.91 Å². The van der Waals surface area contributed by atoms with Crippen LogP contribution in [0, 0.1) is 6.92 Å². The van der Waals surface area contributed by atoms with Gasteiger partial charge in [0.05, 0.1) is 6.61 Å². The minimum absolute atomic E-state index is 0.0578. The molecule has 4 heteroatoms. The molecule has 0 saturated heterocycles. The van der Waals surface area contributed by atoms with Gasteiger partial charge < -0.3 is 15.0 Å². The third-order valence-electron chi connectivity index (χ3n) is 3.67. The molecule has 0 spiro atoms. The van der Waals surface area contributed by atoms with E-state index in [-0.39, 0.29) is 5.91 Å². The van der Waals surface area contributed by atoms with E-state index in [1.165, 1.54) is 0 Å². The normalized spacial score (nSPS) is 10.2. The number of nitrogens with one attached hydrogen (secondary N) is 1. The van der Waals surface area contributed by atoms with E-state index in [1.54, 1.807) is 6.07 Å². The van der Waals surface area contributed by atoms with Crippen LogP contribution in [0.3, 0.4) is 0 Å². The lowest BCUT2D eigenvalue weighted by Gasteiger charge is -2.19. The molecule has 0 heterocycles. The van der Waals surface area contributed by atoms with Gasteiger partial charge in [-0.1, -0.05) is 18.2 Å². The first-order valence-electron chi connectivity index (χ1n) is 7.89. The van der Waals surface area contributed by atoms with Crippen molar-refractivity contribution in [2.45, 2.75) is 13.8 Å². The van der Waals surface area contributed by atoms with Crippen LogP contribution in [0.15, 0.2) is 48.5 Å². The van der Waals surface area contributed by atoms with Gasteiger partial charge in [-0.15, -0.1) is 0 Å². The molecule has 2 aromatic carbocycles. The van der Waals surface area contributed by atoms with Gasteiger partial charge in [-0.05, 0) is 49.7 Å². The predicted molar refractivity (Wildman–Crippen MR) is 94.4 cm³/mol. The van der Waals surface area contributed by atoms with Crippen molar-refractivity contribution < 1.29 is 9.53 Å². The summed E-state index contributed by atoms with van der Waals surface area (Å²) in [5.74, 6) is 0.769. The summed E-state index contributed by atoms with van der Waals surface area (Å²) in [7, 11) is 2.02. The molecule has 0 fully saturated rings. The first kappa shape index (κ1) is 16.9. The second-order valence-corrected chi connectivity index (χ2v) is 5.43. The van der Waals surface area contributed by atoms with Gasteiger partial charge in [0, 0.05) is 31.4 Å². The third kappa shape index (κ3) is 4.74. The zero-order valence-corrected chi connectivity index (χ0v) is 14.0. The molecule has 1 N–H and O–H groups in total. The van der Waals surface area contributed by atoms with Gasteiger partial charge in [-0.3, -0.25) is 4.79 Å². The standard InChI is InChI=1S/C19H24N2O2/c1-4-23-18-11-10-16(14-15(18)2)19(22)20-12-13-21(3)17-8-6-5-7-9-17/h5-11,14H,4,12-13H2,1-3H3,(H,20,22). The number of para-hydroxylation sites is 1. The van der Waals surface area contributed by atoms with E-state index in [1.807, 2.05) is 51.2 Å². The van der Waals surface area contributed by atoms with E-state index in [2.05, 4.69) is 22.3 Å². The summed E-state index contributed by atoms with van der Waals surface area (Å²) in [6.45, 7) is 5.87. The highest BCUT2D eigenvalue weighted by Gasteiger charge is 2.08. The zero-order valence-electron chi connectivity index (χ0n) is 14.0. The number of benzene rings is 2. The van der Waals surface area contributed by atoms with Crippen LogP contribution in [0.4, 0.5) is 5.69 Å². The van der Waals surface area contributed by atoms with Crippen LogP contribution >= 0.6 is 0 Å². The SMILES string of the molecule is CCOc1ccc(C(=O)NCCN(C)c2ccccc2)cc1C. The van der Waals surface area contributed by atoms with E-state index in [0.717, 1.165) is 23.5 Å². The van der Waals surface area contributed by atoms with Gasteiger partial charge in [-0.25, -0.2) is 0 Å². The average Bonchev–Trinajstić information content (AvgIpc) is 2.57. The van der Waals surface area contributed by atoms with E-state index >= 15 is 0 Å². The summed E-state index contributed by atoms with van der Waals surface area (Å²) in [6, 6.07) is 15.6. The maximum absolute atomic E-state index is 12.2. The largest absolute Gasteiger partial charge is 0.494 e. The predicted octanol–water partition coefficient (Wildman–Crippen LogP) is 3.26. The van der Waals surface area contributed by atoms with Gasteiger partial charge in [0.1, 0.15) is 5.75 Å². The molecule has 0 aromatic heterocycles. The Morgan fingerprint density at radius 2 is 1.91 bits per heavy atom. The van der Waals surface area contributed by atoms with Crippen molar-refractivity contribution in [1.82, 2.24) is 5.32 Å². The van der Waals surface area contributed by atoms with Crippen LogP contribution in [0.2, 0.25) is 0 Å². The van der Waals surface area contributed by atoms with Crippen LogP contribution in [0.25, 0.3) is 0 Å². The average molecular weight is 312 g/mol. The first-order valence-corrected chi connectivity index (χ1v) is 7.89. The lowest BCUT2D eigenvalue weighted by Crippen LogP contribution is -2.33. The highest BCUT2D eigenvalue weighted by molar-refractivity contribution is 5.94. The van der Waals surface area contributed by atoms with E-state index in [0.29, 0.717) is 18.7 Å². The van der Waals surface area contributed by atoms with Crippen molar-refractivity contribution in [3.8, 4) is 5.75 Å². The fourth-order valence-corrected chi connectivity index (χ4v) is 2.36. The molecule has 23 heavy (non-hydrogen) atoms. The zero-order chi connectivity index (χ0) is 16.7. The van der Waals surface area contributed by atoms with Crippen LogP contribution in [0.5, 0.6) is 5.75 Å². The van der Waals surface area contributed by atoms with Crippen LogP contribution < -0.4 is 15.0 Å². The summed E-state index contributed by atoms with van der Waals surface area (Å²) in [4.78, 5) is 14.3. The second-order valence-electron chi connectivity index (χ2n) is 5.43. The molecule has 0 aliphatic carbocycles. The molecule has 0 saturated carbocycles. The fourth-order valence-electron chi connectivity index (χ4n) is 2.36. The molecule has 0 aliphatic heterocycles. The molecule has 122 valence electrons. The molecule has 2 aromatic rings. The maximum Gasteiger partial charge on any atom is 0.251 e. The molecule has 4 nitrogen and oxygen atoms in total. The molecule has 1 amide bonds. The molecule has 0 atom stereocenters. The lowest BCUT2D eigenvalue weighted by atomic mass is 10.1. The van der Waals surface area contributed by atoms with Crippen molar-refractivity contribution in [2.75, 3.05) is 31.6 Å². The number of aryl methyl sites for hydroxylation is 1. The van der Waals surface area contributed by atoms with E-state index in [4.69, 9.17) is 4.74 Å². The first-order chi connectivity index (χ1) is 11.1. The Balaban J connectivity index is 1.86. The van der Waals surface area contributed by atoms with Crippen molar-refractivity contribution >= 4 is 11.6 Å². The van der Waals surface area contributed by atoms with E-state index in [9.17, 15) is 4.79 Å². The second kappa shape index (κ2) is 8.22. The van der Waals surface area contributed by atoms with Crippen molar-refractivity contribution in [3.05, 3.63) is 59.7 Å². The summed E-state index contributed by atoms with van der Waals surface area (Å²) < 4.78 is 5.49. The molecule has 2 rings (SSSR count). The summed E-state index contributed by atoms with van der Waals surface area (Å²) >= 11 is 0. The Hall–Kier alpha value is -2.49. The molecule has 0 radical (unpaired) electrons.